The smallest absolute Gasteiger partial charge is 0.361 e. The first-order valence-corrected chi connectivity index (χ1v) is 9.61. The highest BCUT2D eigenvalue weighted by Gasteiger charge is 2.27. The highest BCUT2D eigenvalue weighted by atomic mass is 16.7. The van der Waals surface area contributed by atoms with Gasteiger partial charge in [-0.1, -0.05) is 63.7 Å². The summed E-state index contributed by atoms with van der Waals surface area (Å²) in [5.74, 6) is 0.0409. The molecule has 0 aliphatic carbocycles. The molecule has 1 heterocycles. The third-order valence-corrected chi connectivity index (χ3v) is 4.51. The standard InChI is InChI=1S/C23H27N3O3/c1-22(2,3)16-23(4,5)17-10-12-18(13-11-17)28-15-14-21(27)29-26-20-9-7-6-8-19(20)24-25-26/h6-15H,16H2,1-5H3/b15-14+. The van der Waals surface area contributed by atoms with Crippen molar-refractivity contribution in [2.24, 2.45) is 5.41 Å². The number of hydrogen-bond donors (Lipinski definition) is 0. The summed E-state index contributed by atoms with van der Waals surface area (Å²) in [6.07, 6.45) is 3.58. The SMILES string of the molecule is CC(C)(C)CC(C)(C)c1ccc(O/C=C/C(=O)On2nnc3ccccc32)cc1. The zero-order valence-electron chi connectivity index (χ0n) is 17.5. The molecule has 0 atom stereocenters. The zero-order valence-corrected chi connectivity index (χ0v) is 17.5. The second-order valence-corrected chi connectivity index (χ2v) is 8.93. The average molecular weight is 393 g/mol. The number of hydrogen-bond acceptors (Lipinski definition) is 5. The van der Waals surface area contributed by atoms with Gasteiger partial charge in [-0.3, -0.25) is 0 Å². The van der Waals surface area contributed by atoms with Crippen LogP contribution in [0.15, 0.2) is 60.9 Å². The normalized spacial score (nSPS) is 12.4. The van der Waals surface area contributed by atoms with Gasteiger partial charge in [-0.2, -0.15) is 0 Å². The molecule has 2 aromatic carbocycles. The third-order valence-electron chi connectivity index (χ3n) is 4.51. The number of carbonyl (C=O) groups excluding carboxylic acids is 1. The minimum absolute atomic E-state index is 0.0665. The van der Waals surface area contributed by atoms with Gasteiger partial charge < -0.3 is 9.57 Å². The van der Waals surface area contributed by atoms with E-state index >= 15 is 0 Å². The van der Waals surface area contributed by atoms with Crippen LogP contribution in [-0.2, 0) is 10.2 Å². The molecular formula is C23H27N3O3. The molecule has 3 aromatic rings. The number of ether oxygens (including phenoxy) is 1. The van der Waals surface area contributed by atoms with E-state index in [2.05, 4.69) is 57.1 Å². The fraction of sp³-hybridized carbons (Fsp3) is 0.348. The van der Waals surface area contributed by atoms with Crippen LogP contribution in [0.1, 0.15) is 46.6 Å². The van der Waals surface area contributed by atoms with Crippen molar-refractivity contribution >= 4 is 17.0 Å². The van der Waals surface area contributed by atoms with Crippen LogP contribution in [0, 0.1) is 5.41 Å². The van der Waals surface area contributed by atoms with E-state index in [1.54, 1.807) is 12.1 Å². The van der Waals surface area contributed by atoms with Gasteiger partial charge in [0.25, 0.3) is 0 Å². The highest BCUT2D eigenvalue weighted by Crippen LogP contribution is 2.36. The van der Waals surface area contributed by atoms with E-state index in [1.807, 2.05) is 24.3 Å². The first-order chi connectivity index (χ1) is 13.6. The van der Waals surface area contributed by atoms with Gasteiger partial charge in [0.2, 0.25) is 0 Å². The quantitative estimate of drug-likeness (QED) is 0.345. The maximum absolute atomic E-state index is 12.0. The Kier molecular flexibility index (Phi) is 5.73. The second-order valence-electron chi connectivity index (χ2n) is 8.93. The van der Waals surface area contributed by atoms with Gasteiger partial charge >= 0.3 is 5.97 Å². The molecule has 0 radical (unpaired) electrons. The maximum Gasteiger partial charge on any atom is 0.361 e. The largest absolute Gasteiger partial charge is 0.465 e. The number of benzene rings is 2. The molecule has 6 nitrogen and oxygen atoms in total. The Balaban J connectivity index is 1.58. The van der Waals surface area contributed by atoms with Crippen molar-refractivity contribution in [1.29, 1.82) is 0 Å². The Hall–Kier alpha value is -3.15. The first kappa shape index (κ1) is 20.6. The molecule has 0 saturated carbocycles. The van der Waals surface area contributed by atoms with E-state index in [1.165, 1.54) is 17.9 Å². The lowest BCUT2D eigenvalue weighted by Gasteiger charge is -2.33. The molecule has 0 N–H and O–H groups in total. The van der Waals surface area contributed by atoms with Gasteiger partial charge in [-0.05, 0) is 52.3 Å². The van der Waals surface area contributed by atoms with E-state index in [0.717, 1.165) is 11.3 Å². The molecule has 0 fully saturated rings. The molecule has 152 valence electrons. The van der Waals surface area contributed by atoms with Crippen molar-refractivity contribution in [3.8, 4) is 5.75 Å². The Bertz CT molecular complexity index is 1010. The predicted octanol–water partition coefficient (Wildman–Crippen LogP) is 4.69. The van der Waals surface area contributed by atoms with E-state index in [4.69, 9.17) is 9.57 Å². The lowest BCUT2D eigenvalue weighted by atomic mass is 9.72. The molecule has 0 unspecified atom stereocenters. The number of aromatic nitrogens is 3. The molecule has 6 heteroatoms. The minimum Gasteiger partial charge on any atom is -0.465 e. The Morgan fingerprint density at radius 1 is 1.03 bits per heavy atom. The summed E-state index contributed by atoms with van der Waals surface area (Å²) in [5.41, 5.74) is 2.83. The third kappa shape index (κ3) is 5.44. The monoisotopic (exact) mass is 393 g/mol. The number of fused-ring (bicyclic) bond motifs is 1. The van der Waals surface area contributed by atoms with Crippen LogP contribution >= 0.6 is 0 Å². The summed E-state index contributed by atoms with van der Waals surface area (Å²) >= 11 is 0. The number of carbonyl (C=O) groups is 1. The van der Waals surface area contributed by atoms with Gasteiger partial charge in [0.05, 0.1) is 12.3 Å². The van der Waals surface area contributed by atoms with Gasteiger partial charge in [0, 0.05) is 0 Å². The Morgan fingerprint density at radius 2 is 1.72 bits per heavy atom. The van der Waals surface area contributed by atoms with Crippen LogP contribution in [-0.4, -0.2) is 21.1 Å². The fourth-order valence-corrected chi connectivity index (χ4v) is 3.61. The van der Waals surface area contributed by atoms with Crippen LogP contribution in [0.25, 0.3) is 11.0 Å². The molecule has 0 aliphatic heterocycles. The summed E-state index contributed by atoms with van der Waals surface area (Å²) in [6, 6.07) is 15.2. The molecule has 0 bridgehead atoms. The Morgan fingerprint density at radius 3 is 2.41 bits per heavy atom. The maximum atomic E-state index is 12.0. The summed E-state index contributed by atoms with van der Waals surface area (Å²) in [6.45, 7) is 11.2. The topological polar surface area (TPSA) is 66.2 Å². The van der Waals surface area contributed by atoms with Crippen LogP contribution in [0.5, 0.6) is 5.75 Å². The van der Waals surface area contributed by atoms with E-state index in [9.17, 15) is 4.79 Å². The number of nitrogens with zero attached hydrogens (tertiary/aromatic N) is 3. The summed E-state index contributed by atoms with van der Waals surface area (Å²) in [5, 5.41) is 7.74. The summed E-state index contributed by atoms with van der Waals surface area (Å²) < 4.78 is 5.53. The van der Waals surface area contributed by atoms with Gasteiger partial charge in [-0.15, -0.1) is 5.10 Å². The van der Waals surface area contributed by atoms with Gasteiger partial charge in [0.15, 0.2) is 0 Å². The van der Waals surface area contributed by atoms with E-state index < -0.39 is 5.97 Å². The van der Waals surface area contributed by atoms with Gasteiger partial charge in [0.1, 0.15) is 16.8 Å². The summed E-state index contributed by atoms with van der Waals surface area (Å²) in [7, 11) is 0. The molecular weight excluding hydrogens is 366 g/mol. The van der Waals surface area contributed by atoms with Crippen molar-refractivity contribution in [3.63, 3.8) is 0 Å². The molecule has 3 rings (SSSR count). The molecule has 0 aliphatic rings. The van der Waals surface area contributed by atoms with Crippen molar-refractivity contribution in [1.82, 2.24) is 15.2 Å². The number of rotatable bonds is 6. The van der Waals surface area contributed by atoms with Crippen LogP contribution < -0.4 is 9.57 Å². The highest BCUT2D eigenvalue weighted by molar-refractivity contribution is 5.83. The van der Waals surface area contributed by atoms with Crippen LogP contribution in [0.2, 0.25) is 0 Å². The molecule has 0 spiro atoms. The molecule has 0 amide bonds. The number of para-hydroxylation sites is 1. The summed E-state index contributed by atoms with van der Waals surface area (Å²) in [4.78, 5) is 18.2. The van der Waals surface area contributed by atoms with Crippen molar-refractivity contribution in [3.05, 3.63) is 66.4 Å². The molecule has 0 saturated heterocycles. The van der Waals surface area contributed by atoms with Crippen molar-refractivity contribution in [2.45, 2.75) is 46.5 Å². The zero-order chi connectivity index (χ0) is 21.1. The van der Waals surface area contributed by atoms with Gasteiger partial charge in [-0.25, -0.2) is 4.79 Å². The van der Waals surface area contributed by atoms with E-state index in [-0.39, 0.29) is 10.8 Å². The first-order valence-electron chi connectivity index (χ1n) is 9.61. The van der Waals surface area contributed by atoms with Crippen molar-refractivity contribution in [2.75, 3.05) is 0 Å². The Labute approximate surface area is 171 Å². The molecule has 29 heavy (non-hydrogen) atoms. The van der Waals surface area contributed by atoms with Crippen molar-refractivity contribution < 1.29 is 14.4 Å². The lowest BCUT2D eigenvalue weighted by molar-refractivity contribution is -0.139. The molecule has 1 aromatic heterocycles. The van der Waals surface area contributed by atoms with Crippen LogP contribution in [0.3, 0.4) is 0 Å². The fourth-order valence-electron chi connectivity index (χ4n) is 3.61. The van der Waals surface area contributed by atoms with Crippen LogP contribution in [0.4, 0.5) is 0 Å². The lowest BCUT2D eigenvalue weighted by Crippen LogP contribution is -2.24. The predicted molar refractivity (Wildman–Crippen MR) is 112 cm³/mol. The second kappa shape index (κ2) is 8.07. The minimum atomic E-state index is -0.608. The van der Waals surface area contributed by atoms with E-state index in [0.29, 0.717) is 16.8 Å². The average Bonchev–Trinajstić information content (AvgIpc) is 3.03.